The fraction of sp³-hybridized carbons (Fsp3) is 0.789. The average Bonchev–Trinajstić information content (AvgIpc) is 2.96. The SMILES string of the molecule is CC(C)C(=O)CCCN1CCC[C@H](Cn2cc(C(C)C)cn2)C1. The molecule has 0 N–H and O–H groups in total. The molecule has 1 atom stereocenters. The van der Waals surface area contributed by atoms with E-state index in [1.165, 1.54) is 24.9 Å². The first-order valence-electron chi connectivity index (χ1n) is 9.23. The molecule has 1 aromatic rings. The Balaban J connectivity index is 1.75. The summed E-state index contributed by atoms with van der Waals surface area (Å²) in [5, 5.41) is 4.51. The van der Waals surface area contributed by atoms with Gasteiger partial charge in [-0.25, -0.2) is 0 Å². The summed E-state index contributed by atoms with van der Waals surface area (Å²) in [6.45, 7) is 12.8. The first-order chi connectivity index (χ1) is 11.0. The van der Waals surface area contributed by atoms with E-state index in [1.54, 1.807) is 0 Å². The Morgan fingerprint density at radius 1 is 1.35 bits per heavy atom. The summed E-state index contributed by atoms with van der Waals surface area (Å²) in [6.07, 6.45) is 8.49. The van der Waals surface area contributed by atoms with Crippen molar-refractivity contribution >= 4 is 5.78 Å². The van der Waals surface area contributed by atoms with Crippen LogP contribution in [0.2, 0.25) is 0 Å². The molecule has 130 valence electrons. The third-order valence-electron chi connectivity index (χ3n) is 4.91. The van der Waals surface area contributed by atoms with Crippen LogP contribution in [0, 0.1) is 11.8 Å². The van der Waals surface area contributed by atoms with Crippen LogP contribution in [0.3, 0.4) is 0 Å². The van der Waals surface area contributed by atoms with Crippen LogP contribution in [0.4, 0.5) is 0 Å². The molecular weight excluding hydrogens is 286 g/mol. The third-order valence-corrected chi connectivity index (χ3v) is 4.91. The van der Waals surface area contributed by atoms with Crippen LogP contribution < -0.4 is 0 Å². The van der Waals surface area contributed by atoms with E-state index in [1.807, 2.05) is 20.0 Å². The van der Waals surface area contributed by atoms with Gasteiger partial charge in [-0.05, 0) is 49.8 Å². The van der Waals surface area contributed by atoms with Crippen LogP contribution in [0.5, 0.6) is 0 Å². The maximum atomic E-state index is 11.7. The van der Waals surface area contributed by atoms with Crippen LogP contribution in [-0.2, 0) is 11.3 Å². The number of nitrogens with zero attached hydrogens (tertiary/aromatic N) is 3. The predicted molar refractivity (Wildman–Crippen MR) is 94.6 cm³/mol. The minimum atomic E-state index is 0.180. The second kappa shape index (κ2) is 8.62. The highest BCUT2D eigenvalue weighted by molar-refractivity contribution is 5.80. The molecule has 0 bridgehead atoms. The zero-order valence-corrected chi connectivity index (χ0v) is 15.3. The lowest BCUT2D eigenvalue weighted by atomic mass is 9.97. The number of Topliss-reactive ketones (excluding diaryl/α,β-unsaturated/α-hetero) is 1. The Hall–Kier alpha value is -1.16. The molecule has 1 aliphatic rings. The van der Waals surface area contributed by atoms with Crippen molar-refractivity contribution in [1.29, 1.82) is 0 Å². The summed E-state index contributed by atoms with van der Waals surface area (Å²) >= 11 is 0. The van der Waals surface area contributed by atoms with E-state index in [-0.39, 0.29) is 5.92 Å². The first-order valence-corrected chi connectivity index (χ1v) is 9.23. The van der Waals surface area contributed by atoms with Crippen molar-refractivity contribution in [3.05, 3.63) is 18.0 Å². The van der Waals surface area contributed by atoms with Gasteiger partial charge < -0.3 is 4.90 Å². The van der Waals surface area contributed by atoms with Gasteiger partial charge in [-0.2, -0.15) is 5.10 Å². The van der Waals surface area contributed by atoms with Gasteiger partial charge in [0.25, 0.3) is 0 Å². The Kier molecular flexibility index (Phi) is 6.82. The van der Waals surface area contributed by atoms with Gasteiger partial charge in [0.05, 0.1) is 6.20 Å². The Morgan fingerprint density at radius 2 is 2.13 bits per heavy atom. The average molecular weight is 319 g/mol. The molecule has 4 nitrogen and oxygen atoms in total. The van der Waals surface area contributed by atoms with Crippen molar-refractivity contribution in [2.24, 2.45) is 11.8 Å². The quantitative estimate of drug-likeness (QED) is 0.733. The molecule has 1 aliphatic heterocycles. The number of likely N-dealkylation sites (tertiary alicyclic amines) is 1. The Labute approximate surface area is 141 Å². The molecule has 1 saturated heterocycles. The number of hydrogen-bond donors (Lipinski definition) is 0. The van der Waals surface area contributed by atoms with Crippen LogP contribution in [0.15, 0.2) is 12.4 Å². The number of piperidine rings is 1. The van der Waals surface area contributed by atoms with Gasteiger partial charge in [0.2, 0.25) is 0 Å². The highest BCUT2D eigenvalue weighted by Crippen LogP contribution is 2.20. The molecule has 0 saturated carbocycles. The topological polar surface area (TPSA) is 38.1 Å². The highest BCUT2D eigenvalue weighted by atomic mass is 16.1. The smallest absolute Gasteiger partial charge is 0.135 e. The van der Waals surface area contributed by atoms with Crippen molar-refractivity contribution in [3.63, 3.8) is 0 Å². The number of ketones is 1. The Morgan fingerprint density at radius 3 is 2.78 bits per heavy atom. The van der Waals surface area contributed by atoms with Gasteiger partial charge >= 0.3 is 0 Å². The lowest BCUT2D eigenvalue weighted by Gasteiger charge is -2.32. The molecule has 1 aromatic heterocycles. The molecule has 2 heterocycles. The van der Waals surface area contributed by atoms with Gasteiger partial charge in [0, 0.05) is 31.6 Å². The lowest BCUT2D eigenvalue weighted by Crippen LogP contribution is -2.37. The molecule has 4 heteroatoms. The van der Waals surface area contributed by atoms with Crippen LogP contribution in [-0.4, -0.2) is 40.1 Å². The molecule has 23 heavy (non-hydrogen) atoms. The van der Waals surface area contributed by atoms with Crippen molar-refractivity contribution in [2.75, 3.05) is 19.6 Å². The number of carbonyl (C=O) groups is 1. The highest BCUT2D eigenvalue weighted by Gasteiger charge is 2.20. The van der Waals surface area contributed by atoms with E-state index < -0.39 is 0 Å². The fourth-order valence-corrected chi connectivity index (χ4v) is 3.31. The van der Waals surface area contributed by atoms with Crippen molar-refractivity contribution < 1.29 is 4.79 Å². The predicted octanol–water partition coefficient (Wildman–Crippen LogP) is 3.72. The fourth-order valence-electron chi connectivity index (χ4n) is 3.31. The van der Waals surface area contributed by atoms with Crippen molar-refractivity contribution in [2.45, 2.75) is 65.8 Å². The van der Waals surface area contributed by atoms with E-state index >= 15 is 0 Å². The molecule has 1 fully saturated rings. The monoisotopic (exact) mass is 319 g/mol. The van der Waals surface area contributed by atoms with E-state index in [0.29, 0.717) is 17.6 Å². The standard InChI is InChI=1S/C19H33N3O/c1-15(2)18-11-20-22(14-18)13-17-7-5-9-21(12-17)10-6-8-19(23)16(3)4/h11,14-17H,5-10,12-13H2,1-4H3/t17-/m0/s1. The molecule has 2 rings (SSSR count). The van der Waals surface area contributed by atoms with Crippen molar-refractivity contribution in [1.82, 2.24) is 14.7 Å². The largest absolute Gasteiger partial charge is 0.303 e. The minimum absolute atomic E-state index is 0.180. The maximum absolute atomic E-state index is 11.7. The van der Waals surface area contributed by atoms with Gasteiger partial charge in [0.15, 0.2) is 0 Å². The molecular formula is C19H33N3O. The summed E-state index contributed by atoms with van der Waals surface area (Å²) < 4.78 is 2.12. The summed E-state index contributed by atoms with van der Waals surface area (Å²) in [7, 11) is 0. The first kappa shape index (κ1) is 18.2. The van der Waals surface area contributed by atoms with Crippen molar-refractivity contribution in [3.8, 4) is 0 Å². The molecule has 0 radical (unpaired) electrons. The minimum Gasteiger partial charge on any atom is -0.303 e. The maximum Gasteiger partial charge on any atom is 0.135 e. The number of hydrogen-bond acceptors (Lipinski definition) is 3. The van der Waals surface area contributed by atoms with Crippen LogP contribution in [0.25, 0.3) is 0 Å². The van der Waals surface area contributed by atoms with Gasteiger partial charge in [-0.1, -0.05) is 27.7 Å². The molecule has 0 amide bonds. The molecule has 0 unspecified atom stereocenters. The van der Waals surface area contributed by atoms with Gasteiger partial charge in [-0.3, -0.25) is 9.48 Å². The van der Waals surface area contributed by atoms with Crippen LogP contribution in [0.1, 0.15) is 64.9 Å². The Bertz CT molecular complexity index is 493. The summed E-state index contributed by atoms with van der Waals surface area (Å²) in [5.41, 5.74) is 1.32. The van der Waals surface area contributed by atoms with E-state index in [4.69, 9.17) is 0 Å². The number of carbonyl (C=O) groups excluding carboxylic acids is 1. The summed E-state index contributed by atoms with van der Waals surface area (Å²) in [6, 6.07) is 0. The zero-order chi connectivity index (χ0) is 16.8. The van der Waals surface area contributed by atoms with E-state index in [9.17, 15) is 4.79 Å². The number of rotatable bonds is 8. The number of aromatic nitrogens is 2. The molecule has 0 aromatic carbocycles. The van der Waals surface area contributed by atoms with Crippen LogP contribution >= 0.6 is 0 Å². The second-order valence-electron chi connectivity index (χ2n) is 7.68. The third kappa shape index (κ3) is 5.76. The zero-order valence-electron chi connectivity index (χ0n) is 15.3. The van der Waals surface area contributed by atoms with E-state index in [2.05, 4.69) is 34.7 Å². The van der Waals surface area contributed by atoms with Gasteiger partial charge in [-0.15, -0.1) is 0 Å². The van der Waals surface area contributed by atoms with Gasteiger partial charge in [0.1, 0.15) is 5.78 Å². The molecule has 0 spiro atoms. The normalized spacial score (nSPS) is 19.7. The van der Waals surface area contributed by atoms with E-state index in [0.717, 1.165) is 32.5 Å². The summed E-state index contributed by atoms with van der Waals surface area (Å²) in [5.74, 6) is 1.81. The summed E-state index contributed by atoms with van der Waals surface area (Å²) in [4.78, 5) is 14.3. The lowest BCUT2D eigenvalue weighted by molar-refractivity contribution is -0.122. The second-order valence-corrected chi connectivity index (χ2v) is 7.68. The molecule has 0 aliphatic carbocycles.